The second-order valence-electron chi connectivity index (χ2n) is 5.73. The van der Waals surface area contributed by atoms with Crippen molar-refractivity contribution in [3.63, 3.8) is 0 Å². The van der Waals surface area contributed by atoms with Gasteiger partial charge < -0.3 is 10.1 Å². The van der Waals surface area contributed by atoms with E-state index in [1.165, 1.54) is 5.56 Å². The van der Waals surface area contributed by atoms with Crippen molar-refractivity contribution in [2.45, 2.75) is 26.7 Å². The van der Waals surface area contributed by atoms with Gasteiger partial charge in [-0.3, -0.25) is 4.79 Å². The van der Waals surface area contributed by atoms with E-state index in [2.05, 4.69) is 36.3 Å². The summed E-state index contributed by atoms with van der Waals surface area (Å²) >= 11 is 0. The van der Waals surface area contributed by atoms with Gasteiger partial charge in [-0.1, -0.05) is 38.1 Å². The largest absolute Gasteiger partial charge is 0.481 e. The number of anilines is 1. The summed E-state index contributed by atoms with van der Waals surface area (Å²) in [6.07, 6.45) is 3.00. The monoisotopic (exact) mass is 298 g/mol. The third kappa shape index (κ3) is 4.88. The van der Waals surface area contributed by atoms with Crippen LogP contribution in [-0.2, 0) is 17.6 Å². The topological polar surface area (TPSA) is 51.2 Å². The van der Waals surface area contributed by atoms with E-state index in [9.17, 15) is 4.79 Å². The molecule has 116 valence electrons. The van der Waals surface area contributed by atoms with Crippen LogP contribution in [0.25, 0.3) is 0 Å². The van der Waals surface area contributed by atoms with Crippen LogP contribution in [0.15, 0.2) is 42.6 Å². The first-order valence-electron chi connectivity index (χ1n) is 7.44. The number of hydrogen-bond donors (Lipinski definition) is 1. The highest BCUT2D eigenvalue weighted by atomic mass is 16.5. The van der Waals surface area contributed by atoms with Crippen LogP contribution < -0.4 is 10.1 Å². The third-order valence-corrected chi connectivity index (χ3v) is 3.26. The molecule has 0 aliphatic rings. The van der Waals surface area contributed by atoms with E-state index in [4.69, 9.17) is 4.74 Å². The molecule has 0 radical (unpaired) electrons. The molecule has 1 amide bonds. The fourth-order valence-corrected chi connectivity index (χ4v) is 2.23. The highest BCUT2D eigenvalue weighted by Gasteiger charge is 2.05. The number of rotatable bonds is 6. The molecule has 1 aromatic heterocycles. The summed E-state index contributed by atoms with van der Waals surface area (Å²) in [5.41, 5.74) is 2.98. The summed E-state index contributed by atoms with van der Waals surface area (Å²) in [6, 6.07) is 11.7. The number of methoxy groups -OCH3 is 1. The minimum absolute atomic E-state index is 0.0522. The van der Waals surface area contributed by atoms with Crippen molar-refractivity contribution >= 4 is 11.6 Å². The fourth-order valence-electron chi connectivity index (χ4n) is 2.23. The molecule has 0 aliphatic heterocycles. The number of nitrogens with one attached hydrogen (secondary N) is 1. The number of carbonyl (C=O) groups excluding carboxylic acids is 1. The Balaban J connectivity index is 1.90. The summed E-state index contributed by atoms with van der Waals surface area (Å²) in [7, 11) is 1.56. The maximum Gasteiger partial charge on any atom is 0.228 e. The molecule has 0 aliphatic carbocycles. The Morgan fingerprint density at radius 3 is 2.36 bits per heavy atom. The number of benzene rings is 1. The number of nitrogens with zero attached hydrogens (tertiary/aromatic N) is 1. The Hall–Kier alpha value is -2.36. The van der Waals surface area contributed by atoms with Gasteiger partial charge in [0.2, 0.25) is 11.8 Å². The van der Waals surface area contributed by atoms with Gasteiger partial charge in [0.15, 0.2) is 0 Å². The normalized spacial score (nSPS) is 10.5. The van der Waals surface area contributed by atoms with E-state index in [1.54, 1.807) is 25.4 Å². The van der Waals surface area contributed by atoms with Gasteiger partial charge in [0.1, 0.15) is 0 Å². The molecule has 0 spiro atoms. The maximum absolute atomic E-state index is 12.0. The molecule has 0 saturated carbocycles. The van der Waals surface area contributed by atoms with Crippen LogP contribution >= 0.6 is 0 Å². The molecule has 1 aromatic carbocycles. The van der Waals surface area contributed by atoms with Gasteiger partial charge in [0.25, 0.3) is 0 Å². The summed E-state index contributed by atoms with van der Waals surface area (Å²) in [5.74, 6) is 1.11. The lowest BCUT2D eigenvalue weighted by Crippen LogP contribution is -2.14. The van der Waals surface area contributed by atoms with Crippen molar-refractivity contribution in [3.05, 3.63) is 53.7 Å². The Kier molecular flexibility index (Phi) is 5.53. The van der Waals surface area contributed by atoms with Gasteiger partial charge in [0.05, 0.1) is 25.4 Å². The quantitative estimate of drug-likeness (QED) is 0.888. The summed E-state index contributed by atoms with van der Waals surface area (Å²) < 4.78 is 4.98. The number of ether oxygens (including phenoxy) is 1. The van der Waals surface area contributed by atoms with Gasteiger partial charge in [-0.05, 0) is 29.5 Å². The minimum atomic E-state index is -0.0522. The highest BCUT2D eigenvalue weighted by Crippen LogP contribution is 2.13. The lowest BCUT2D eigenvalue weighted by molar-refractivity contribution is -0.115. The number of aromatic nitrogens is 1. The smallest absolute Gasteiger partial charge is 0.228 e. The molecule has 2 aromatic rings. The van der Waals surface area contributed by atoms with Crippen molar-refractivity contribution in [2.75, 3.05) is 12.4 Å². The molecular formula is C18H22N2O2. The Bertz CT molecular complexity index is 604. The van der Waals surface area contributed by atoms with Crippen LogP contribution in [0.1, 0.15) is 25.0 Å². The maximum atomic E-state index is 12.0. The van der Waals surface area contributed by atoms with Gasteiger partial charge in [-0.15, -0.1) is 0 Å². The average Bonchev–Trinajstić information content (AvgIpc) is 2.49. The van der Waals surface area contributed by atoms with Crippen LogP contribution in [0.5, 0.6) is 5.88 Å². The standard InChI is InChI=1S/C18H22N2O2/c1-13(2)10-14-4-6-15(7-5-14)11-17(21)20-16-8-9-18(22-3)19-12-16/h4-9,12-13H,10-11H2,1-3H3,(H,20,21). The van der Waals surface area contributed by atoms with Crippen LogP contribution in [0.3, 0.4) is 0 Å². The molecule has 2 rings (SSSR count). The molecule has 0 unspecified atom stereocenters. The lowest BCUT2D eigenvalue weighted by Gasteiger charge is -2.08. The third-order valence-electron chi connectivity index (χ3n) is 3.26. The van der Waals surface area contributed by atoms with Crippen molar-refractivity contribution in [1.29, 1.82) is 0 Å². The first kappa shape index (κ1) is 16.0. The molecule has 0 atom stereocenters. The van der Waals surface area contributed by atoms with E-state index in [0.29, 0.717) is 23.9 Å². The van der Waals surface area contributed by atoms with E-state index < -0.39 is 0 Å². The zero-order valence-corrected chi connectivity index (χ0v) is 13.3. The van der Waals surface area contributed by atoms with Crippen LogP contribution in [0.4, 0.5) is 5.69 Å². The van der Waals surface area contributed by atoms with E-state index in [0.717, 1.165) is 12.0 Å². The van der Waals surface area contributed by atoms with Gasteiger partial charge in [-0.25, -0.2) is 4.98 Å². The fraction of sp³-hybridized carbons (Fsp3) is 0.333. The summed E-state index contributed by atoms with van der Waals surface area (Å²) in [4.78, 5) is 16.1. The zero-order valence-electron chi connectivity index (χ0n) is 13.3. The van der Waals surface area contributed by atoms with Crippen molar-refractivity contribution in [3.8, 4) is 5.88 Å². The lowest BCUT2D eigenvalue weighted by atomic mass is 10.0. The first-order valence-corrected chi connectivity index (χ1v) is 7.44. The molecule has 0 saturated heterocycles. The van der Waals surface area contributed by atoms with Gasteiger partial charge >= 0.3 is 0 Å². The predicted molar refractivity (Wildman–Crippen MR) is 88.1 cm³/mol. The summed E-state index contributed by atoms with van der Waals surface area (Å²) in [6.45, 7) is 4.40. The van der Waals surface area contributed by atoms with Gasteiger partial charge in [-0.2, -0.15) is 0 Å². The Labute approximate surface area is 131 Å². The SMILES string of the molecule is COc1ccc(NC(=O)Cc2ccc(CC(C)C)cc2)cn1. The molecule has 4 nitrogen and oxygen atoms in total. The van der Waals surface area contributed by atoms with Gasteiger partial charge in [0, 0.05) is 6.07 Å². The Morgan fingerprint density at radius 1 is 1.14 bits per heavy atom. The van der Waals surface area contributed by atoms with Crippen LogP contribution in [0.2, 0.25) is 0 Å². The van der Waals surface area contributed by atoms with E-state index in [-0.39, 0.29) is 5.91 Å². The van der Waals surface area contributed by atoms with Crippen LogP contribution in [0, 0.1) is 5.92 Å². The molecule has 22 heavy (non-hydrogen) atoms. The van der Waals surface area contributed by atoms with Crippen molar-refractivity contribution < 1.29 is 9.53 Å². The highest BCUT2D eigenvalue weighted by molar-refractivity contribution is 5.92. The number of pyridine rings is 1. The Morgan fingerprint density at radius 2 is 1.82 bits per heavy atom. The molecule has 0 bridgehead atoms. The first-order chi connectivity index (χ1) is 10.6. The van der Waals surface area contributed by atoms with E-state index >= 15 is 0 Å². The zero-order chi connectivity index (χ0) is 15.9. The summed E-state index contributed by atoms with van der Waals surface area (Å²) in [5, 5.41) is 2.83. The minimum Gasteiger partial charge on any atom is -0.481 e. The second kappa shape index (κ2) is 7.59. The average molecular weight is 298 g/mol. The van der Waals surface area contributed by atoms with Crippen molar-refractivity contribution in [1.82, 2.24) is 4.98 Å². The number of hydrogen-bond acceptors (Lipinski definition) is 3. The second-order valence-corrected chi connectivity index (χ2v) is 5.73. The number of amides is 1. The molecule has 1 heterocycles. The molecule has 0 fully saturated rings. The van der Waals surface area contributed by atoms with Crippen molar-refractivity contribution in [2.24, 2.45) is 5.92 Å². The predicted octanol–water partition coefficient (Wildman–Crippen LogP) is 3.47. The molecule has 4 heteroatoms. The van der Waals surface area contributed by atoms with Crippen LogP contribution in [-0.4, -0.2) is 18.0 Å². The molecule has 1 N–H and O–H groups in total. The van der Waals surface area contributed by atoms with E-state index in [1.807, 2.05) is 12.1 Å². The molecular weight excluding hydrogens is 276 g/mol. The number of carbonyl (C=O) groups is 1.